The molecular weight excluding hydrogens is 518 g/mol. The average Bonchev–Trinajstić information content (AvgIpc) is 3.32. The number of hydrogen-bond donors (Lipinski definition) is 3. The van der Waals surface area contributed by atoms with Gasteiger partial charge in [0.2, 0.25) is 0 Å². The number of aromatic carboxylic acids is 1. The van der Waals surface area contributed by atoms with E-state index in [1.165, 1.54) is 36.5 Å². The molecule has 2 heterocycles. The van der Waals surface area contributed by atoms with Crippen LogP contribution >= 0.6 is 11.6 Å². The normalized spacial score (nSPS) is 13.7. The van der Waals surface area contributed by atoms with Gasteiger partial charge in [-0.2, -0.15) is 10.2 Å². The first-order chi connectivity index (χ1) is 17.8. The highest BCUT2D eigenvalue weighted by Crippen LogP contribution is 2.46. The van der Waals surface area contributed by atoms with Gasteiger partial charge in [0.05, 0.1) is 22.4 Å². The Kier molecular flexibility index (Phi) is 6.24. The first-order valence-electron chi connectivity index (χ1n) is 10.9. The minimum Gasteiger partial charge on any atom is -0.478 e. The fourth-order valence-corrected chi connectivity index (χ4v) is 5.79. The largest absolute Gasteiger partial charge is 0.478 e. The van der Waals surface area contributed by atoms with E-state index >= 15 is 0 Å². The van der Waals surface area contributed by atoms with Crippen molar-refractivity contribution in [1.82, 2.24) is 15.6 Å². The summed E-state index contributed by atoms with van der Waals surface area (Å²) in [5.74, 6) is -1.75. The van der Waals surface area contributed by atoms with E-state index in [0.717, 1.165) is 4.31 Å². The van der Waals surface area contributed by atoms with E-state index in [1.54, 1.807) is 42.5 Å². The van der Waals surface area contributed by atoms with Gasteiger partial charge in [-0.3, -0.25) is 14.2 Å². The Labute approximate surface area is 216 Å². The third-order valence-electron chi connectivity index (χ3n) is 5.66. The molecule has 0 saturated carbocycles. The number of fused-ring (bicyclic) bond motifs is 3. The van der Waals surface area contributed by atoms with E-state index in [1.807, 2.05) is 0 Å². The Morgan fingerprint density at radius 2 is 1.84 bits per heavy atom. The summed E-state index contributed by atoms with van der Waals surface area (Å²) >= 11 is 6.16. The summed E-state index contributed by atoms with van der Waals surface area (Å²) in [5.41, 5.74) is 5.01. The highest BCUT2D eigenvalue weighted by Gasteiger charge is 2.39. The van der Waals surface area contributed by atoms with Gasteiger partial charge in [-0.15, -0.1) is 0 Å². The van der Waals surface area contributed by atoms with Crippen molar-refractivity contribution in [2.24, 2.45) is 5.10 Å². The number of hydrogen-bond acceptors (Lipinski definition) is 6. The number of anilines is 1. The number of benzene rings is 3. The number of hydrazone groups is 1. The van der Waals surface area contributed by atoms with Crippen LogP contribution in [0.15, 0.2) is 82.8 Å². The molecule has 3 N–H and O–H groups in total. The van der Waals surface area contributed by atoms with Crippen molar-refractivity contribution in [1.29, 1.82) is 0 Å². The highest BCUT2D eigenvalue weighted by molar-refractivity contribution is 7.93. The number of carbonyl (C=O) groups is 2. The number of amides is 1. The lowest BCUT2D eigenvalue weighted by Gasteiger charge is -2.29. The van der Waals surface area contributed by atoms with E-state index in [0.29, 0.717) is 33.1 Å². The number of nitrogens with one attached hydrogen (secondary N) is 2. The summed E-state index contributed by atoms with van der Waals surface area (Å²) in [6.45, 7) is -0.563. The number of aromatic nitrogens is 2. The summed E-state index contributed by atoms with van der Waals surface area (Å²) in [6.07, 6.45) is 1.32. The summed E-state index contributed by atoms with van der Waals surface area (Å²) in [5, 5.41) is 20.6. The standard InChI is InChI=1S/C25H18ClN5O5S/c26-18-5-3-4-17(12-18)22-24-23(30-29-22)19-6-1-2-7-20(19)37(35,36)31(24)14-21(32)28-27-13-15-8-10-16(11-9-15)25(33)34/h1-13H,14H2,(H,28,32)(H,29,30)(H,33,34). The zero-order valence-corrected chi connectivity index (χ0v) is 20.5. The minimum atomic E-state index is -4.12. The number of halogens is 1. The third kappa shape index (κ3) is 4.57. The van der Waals surface area contributed by atoms with Crippen LogP contribution in [0.1, 0.15) is 15.9 Å². The Balaban J connectivity index is 1.47. The lowest BCUT2D eigenvalue weighted by atomic mass is 10.1. The van der Waals surface area contributed by atoms with Crippen LogP contribution in [-0.2, 0) is 14.8 Å². The fraction of sp³-hybridized carbons (Fsp3) is 0.0400. The lowest BCUT2D eigenvalue weighted by molar-refractivity contribution is -0.119. The number of nitrogens with zero attached hydrogens (tertiary/aromatic N) is 3. The van der Waals surface area contributed by atoms with Gasteiger partial charge in [-0.1, -0.05) is 54.1 Å². The predicted octanol–water partition coefficient (Wildman–Crippen LogP) is 3.75. The van der Waals surface area contributed by atoms with Crippen LogP contribution < -0.4 is 9.73 Å². The number of carboxylic acid groups (broad SMARTS) is 1. The maximum atomic E-state index is 13.6. The fourth-order valence-electron chi connectivity index (χ4n) is 3.96. The zero-order chi connectivity index (χ0) is 26.2. The molecule has 0 fully saturated rings. The second-order valence-electron chi connectivity index (χ2n) is 8.03. The van der Waals surface area contributed by atoms with Crippen LogP contribution in [-0.4, -0.2) is 48.4 Å². The first kappa shape index (κ1) is 24.2. The molecule has 1 amide bonds. The molecule has 1 aliphatic heterocycles. The molecule has 0 aliphatic carbocycles. The first-order valence-corrected chi connectivity index (χ1v) is 12.7. The molecule has 0 spiro atoms. The Morgan fingerprint density at radius 1 is 1.08 bits per heavy atom. The summed E-state index contributed by atoms with van der Waals surface area (Å²) in [7, 11) is -4.12. The molecular formula is C25H18ClN5O5S. The molecule has 0 saturated heterocycles. The van der Waals surface area contributed by atoms with Crippen molar-refractivity contribution >= 4 is 45.4 Å². The number of carboxylic acids is 1. The number of H-pyrrole nitrogens is 1. The maximum Gasteiger partial charge on any atom is 0.335 e. The average molecular weight is 536 g/mol. The van der Waals surface area contributed by atoms with Gasteiger partial charge < -0.3 is 5.11 Å². The minimum absolute atomic E-state index is 0.0404. The molecule has 5 rings (SSSR count). The Bertz CT molecular complexity index is 1660. The van der Waals surface area contributed by atoms with E-state index < -0.39 is 28.4 Å². The SMILES string of the molecule is O=C(CN1c2c(-c3cccc(Cl)c3)n[nH]c2-c2ccccc2S1(=O)=O)NN=Cc1ccc(C(=O)O)cc1. The van der Waals surface area contributed by atoms with Crippen LogP contribution in [0.25, 0.3) is 22.5 Å². The molecule has 186 valence electrons. The molecule has 0 bridgehead atoms. The maximum absolute atomic E-state index is 13.6. The molecule has 0 atom stereocenters. The summed E-state index contributed by atoms with van der Waals surface area (Å²) in [4.78, 5) is 23.8. The van der Waals surface area contributed by atoms with E-state index in [9.17, 15) is 18.0 Å². The van der Waals surface area contributed by atoms with Gasteiger partial charge in [-0.05, 0) is 35.9 Å². The van der Waals surface area contributed by atoms with Crippen molar-refractivity contribution in [3.05, 3.63) is 88.9 Å². The molecule has 1 aromatic heterocycles. The molecule has 12 heteroatoms. The van der Waals surface area contributed by atoms with Crippen LogP contribution in [0.5, 0.6) is 0 Å². The second-order valence-corrected chi connectivity index (χ2v) is 10.3. The number of rotatable bonds is 6. The molecule has 37 heavy (non-hydrogen) atoms. The lowest BCUT2D eigenvalue weighted by Crippen LogP contribution is -2.41. The second kappa shape index (κ2) is 9.52. The molecule has 0 unspecified atom stereocenters. The van der Waals surface area contributed by atoms with E-state index in [-0.39, 0.29) is 16.1 Å². The predicted molar refractivity (Wildman–Crippen MR) is 138 cm³/mol. The summed E-state index contributed by atoms with van der Waals surface area (Å²) < 4.78 is 28.2. The van der Waals surface area contributed by atoms with Crippen molar-refractivity contribution in [2.75, 3.05) is 10.8 Å². The topological polar surface area (TPSA) is 145 Å². The van der Waals surface area contributed by atoms with Crippen LogP contribution in [0, 0.1) is 0 Å². The van der Waals surface area contributed by atoms with Crippen LogP contribution in [0.3, 0.4) is 0 Å². The number of aromatic amines is 1. The van der Waals surface area contributed by atoms with Crippen LogP contribution in [0.2, 0.25) is 5.02 Å². The van der Waals surface area contributed by atoms with Gasteiger partial charge >= 0.3 is 5.97 Å². The summed E-state index contributed by atoms with van der Waals surface area (Å²) in [6, 6.07) is 19.1. The number of sulfonamides is 1. The molecule has 4 aromatic rings. The van der Waals surface area contributed by atoms with Gasteiger partial charge in [0.1, 0.15) is 17.9 Å². The molecule has 3 aromatic carbocycles. The van der Waals surface area contributed by atoms with Gasteiger partial charge in [0, 0.05) is 16.1 Å². The van der Waals surface area contributed by atoms with Crippen molar-refractivity contribution in [3.8, 4) is 22.5 Å². The van der Waals surface area contributed by atoms with Crippen molar-refractivity contribution in [3.63, 3.8) is 0 Å². The quantitative estimate of drug-likeness (QED) is 0.253. The third-order valence-corrected chi connectivity index (χ3v) is 7.70. The smallest absolute Gasteiger partial charge is 0.335 e. The Morgan fingerprint density at radius 3 is 2.57 bits per heavy atom. The number of carbonyl (C=O) groups excluding carboxylic acids is 1. The van der Waals surface area contributed by atoms with Gasteiger partial charge in [0.15, 0.2) is 0 Å². The van der Waals surface area contributed by atoms with Crippen molar-refractivity contribution in [2.45, 2.75) is 4.90 Å². The highest BCUT2D eigenvalue weighted by atomic mass is 35.5. The Hall–Kier alpha value is -4.48. The van der Waals surface area contributed by atoms with Crippen molar-refractivity contribution < 1.29 is 23.1 Å². The van der Waals surface area contributed by atoms with E-state index in [4.69, 9.17) is 16.7 Å². The molecule has 0 radical (unpaired) electrons. The van der Waals surface area contributed by atoms with E-state index in [2.05, 4.69) is 20.7 Å². The molecule has 10 nitrogen and oxygen atoms in total. The van der Waals surface area contributed by atoms with Gasteiger partial charge in [-0.25, -0.2) is 18.6 Å². The zero-order valence-electron chi connectivity index (χ0n) is 18.9. The van der Waals surface area contributed by atoms with Crippen LogP contribution in [0.4, 0.5) is 5.69 Å². The van der Waals surface area contributed by atoms with Gasteiger partial charge in [0.25, 0.3) is 15.9 Å². The molecule has 1 aliphatic rings. The monoisotopic (exact) mass is 535 g/mol.